The maximum Gasteiger partial charge on any atom is 0.216 e. The molecule has 0 aromatic rings. The molecule has 0 rings (SSSR count). The predicted octanol–water partition coefficient (Wildman–Crippen LogP) is 0.845. The van der Waals surface area contributed by atoms with Gasteiger partial charge in [-0.1, -0.05) is 12.6 Å². The summed E-state index contributed by atoms with van der Waals surface area (Å²) in [6.45, 7) is 0. The van der Waals surface area contributed by atoms with Crippen molar-refractivity contribution in [3.8, 4) is 0 Å². The largest absolute Gasteiger partial charge is 0.482 e. The minimum absolute atomic E-state index is 0. The van der Waals surface area contributed by atoms with E-state index in [2.05, 4.69) is 29.6 Å². The van der Waals surface area contributed by atoms with Gasteiger partial charge in [0.15, 0.2) is 0 Å². The van der Waals surface area contributed by atoms with Crippen LogP contribution in [0, 0.1) is 0 Å². The second-order valence-electron chi connectivity index (χ2n) is 0.470. The van der Waals surface area contributed by atoms with Crippen LogP contribution in [0.25, 0.3) is 0 Å². The molecular formula is C2H4NiOS2. The Morgan fingerprint density at radius 2 is 2.00 bits per heavy atom. The Bertz CT molecular complexity index is 46.8. The number of thiol groups is 1. The van der Waals surface area contributed by atoms with E-state index in [4.69, 9.17) is 0 Å². The Kier molecular flexibility index (Phi) is 9.44. The Labute approximate surface area is 57.8 Å². The third kappa shape index (κ3) is 8.83. The van der Waals surface area contributed by atoms with Crippen molar-refractivity contribution in [3.05, 3.63) is 0 Å². The van der Waals surface area contributed by atoms with Gasteiger partial charge in [0.25, 0.3) is 0 Å². The first-order chi connectivity index (χ1) is 2.27. The van der Waals surface area contributed by atoms with Crippen LogP contribution in [0.3, 0.4) is 0 Å². The summed E-state index contributed by atoms with van der Waals surface area (Å²) in [5, 5.41) is 0. The molecule has 0 bridgehead atoms. The molecule has 0 aliphatic carbocycles. The molecule has 1 nitrogen and oxygen atoms in total. The minimum atomic E-state index is 0. The van der Waals surface area contributed by atoms with Crippen molar-refractivity contribution in [3.63, 3.8) is 0 Å². The van der Waals surface area contributed by atoms with E-state index >= 15 is 0 Å². The maximum atomic E-state index is 4.35. The maximum absolute atomic E-state index is 4.35. The van der Waals surface area contributed by atoms with Gasteiger partial charge in [0.05, 0.1) is 7.11 Å². The van der Waals surface area contributed by atoms with Crippen LogP contribution in [-0.2, 0) is 21.2 Å². The normalized spacial score (nSPS) is 5.67. The molecule has 0 N–H and O–H groups in total. The quantitative estimate of drug-likeness (QED) is 0.325. The molecule has 0 fully saturated rings. The zero-order valence-electron chi connectivity index (χ0n) is 3.08. The molecule has 0 saturated heterocycles. The van der Waals surface area contributed by atoms with Crippen molar-refractivity contribution in [2.24, 2.45) is 0 Å². The average molecular weight is 167 g/mol. The molecule has 6 heavy (non-hydrogen) atoms. The van der Waals surface area contributed by atoms with Crippen LogP contribution < -0.4 is 0 Å². The van der Waals surface area contributed by atoms with Gasteiger partial charge in [0.1, 0.15) is 0 Å². The molecule has 0 aromatic carbocycles. The summed E-state index contributed by atoms with van der Waals surface area (Å²) in [7, 11) is 1.48. The minimum Gasteiger partial charge on any atom is -0.482 e. The van der Waals surface area contributed by atoms with Crippen molar-refractivity contribution >= 4 is 29.2 Å². The summed E-state index contributed by atoms with van der Waals surface area (Å²) in [4.78, 5) is 0. The van der Waals surface area contributed by atoms with Gasteiger partial charge in [-0.15, -0.1) is 0 Å². The number of methoxy groups -OCH3 is 1. The van der Waals surface area contributed by atoms with Crippen LogP contribution in [0.5, 0.6) is 0 Å². The third-order valence-corrected chi connectivity index (χ3v) is 0.524. The number of thiocarbonyl (C=S) groups is 1. The van der Waals surface area contributed by atoms with Crippen LogP contribution in [0.2, 0.25) is 0 Å². The topological polar surface area (TPSA) is 9.23 Å². The van der Waals surface area contributed by atoms with E-state index in [1.54, 1.807) is 0 Å². The smallest absolute Gasteiger partial charge is 0.216 e. The molecule has 0 unspecified atom stereocenters. The van der Waals surface area contributed by atoms with Gasteiger partial charge in [-0.2, -0.15) is 0 Å². The fourth-order valence-corrected chi connectivity index (χ4v) is 0. The zero-order chi connectivity index (χ0) is 4.28. The second-order valence-corrected chi connectivity index (χ2v) is 1.55. The van der Waals surface area contributed by atoms with Crippen molar-refractivity contribution in [2.75, 3.05) is 7.11 Å². The summed E-state index contributed by atoms with van der Waals surface area (Å²) in [6, 6.07) is 0. The summed E-state index contributed by atoms with van der Waals surface area (Å²) in [5.41, 5.74) is 0. The van der Waals surface area contributed by atoms with Gasteiger partial charge in [0, 0.05) is 16.5 Å². The van der Waals surface area contributed by atoms with Crippen LogP contribution in [-0.4, -0.2) is 11.5 Å². The molecule has 4 heteroatoms. The van der Waals surface area contributed by atoms with Gasteiger partial charge >= 0.3 is 0 Å². The molecular weight excluding hydrogens is 163 g/mol. The van der Waals surface area contributed by atoms with Crippen LogP contribution in [0.15, 0.2) is 0 Å². The molecule has 0 spiro atoms. The zero-order valence-corrected chi connectivity index (χ0v) is 5.78. The number of hydrogen-bond acceptors (Lipinski definition) is 2. The molecule has 0 amide bonds. The third-order valence-electron chi connectivity index (χ3n) is 0.175. The van der Waals surface area contributed by atoms with Crippen LogP contribution in [0.4, 0.5) is 0 Å². The van der Waals surface area contributed by atoms with Gasteiger partial charge in [-0.05, 0) is 12.2 Å². The van der Waals surface area contributed by atoms with E-state index in [0.29, 0.717) is 0 Å². The number of rotatable bonds is 0. The van der Waals surface area contributed by atoms with E-state index < -0.39 is 0 Å². The molecule has 0 atom stereocenters. The standard InChI is InChI=1S/C2H4OS2.Ni/c1-3-2(4)5;/h1H3,(H,4,5);. The molecule has 0 heterocycles. The first-order valence-electron chi connectivity index (χ1n) is 1.04. The Morgan fingerprint density at radius 3 is 2.00 bits per heavy atom. The number of ether oxygens (including phenoxy) is 1. The van der Waals surface area contributed by atoms with Crippen LogP contribution >= 0.6 is 24.8 Å². The van der Waals surface area contributed by atoms with E-state index in [1.807, 2.05) is 0 Å². The summed E-state index contributed by atoms with van der Waals surface area (Å²) in [6.07, 6.45) is 0. The Hall–Kier alpha value is 0.734. The van der Waals surface area contributed by atoms with E-state index in [-0.39, 0.29) is 20.9 Å². The monoisotopic (exact) mass is 166 g/mol. The van der Waals surface area contributed by atoms with Crippen molar-refractivity contribution < 1.29 is 21.2 Å². The van der Waals surface area contributed by atoms with E-state index in [9.17, 15) is 0 Å². The molecule has 0 aliphatic rings. The first-order valence-corrected chi connectivity index (χ1v) is 1.90. The van der Waals surface area contributed by atoms with Gasteiger partial charge in [-0.3, -0.25) is 0 Å². The molecule has 0 aromatic heterocycles. The molecule has 0 aliphatic heterocycles. The average Bonchev–Trinajstić information content (AvgIpc) is 1.38. The van der Waals surface area contributed by atoms with E-state index in [1.165, 1.54) is 7.11 Å². The number of hydrogen-bond donors (Lipinski definition) is 1. The van der Waals surface area contributed by atoms with Crippen LogP contribution in [0.1, 0.15) is 0 Å². The Morgan fingerprint density at radius 1 is 1.83 bits per heavy atom. The second kappa shape index (κ2) is 5.73. The molecule has 0 radical (unpaired) electrons. The fourth-order valence-electron chi connectivity index (χ4n) is 0. The molecule has 40 valence electrons. The first kappa shape index (κ1) is 9.88. The summed E-state index contributed by atoms with van der Waals surface area (Å²) in [5.74, 6) is 0. The SMILES string of the molecule is COC(=S)S.[Ni]. The molecule has 0 saturated carbocycles. The predicted molar refractivity (Wildman–Crippen MR) is 28.6 cm³/mol. The van der Waals surface area contributed by atoms with Crippen molar-refractivity contribution in [2.45, 2.75) is 0 Å². The summed E-state index contributed by atoms with van der Waals surface area (Å²) < 4.78 is 4.63. The Balaban J connectivity index is 0. The van der Waals surface area contributed by atoms with Crippen molar-refractivity contribution in [1.82, 2.24) is 0 Å². The van der Waals surface area contributed by atoms with Gasteiger partial charge in [0.2, 0.25) is 4.38 Å². The summed E-state index contributed by atoms with van der Waals surface area (Å²) >= 11 is 7.95. The van der Waals surface area contributed by atoms with Crippen molar-refractivity contribution in [1.29, 1.82) is 0 Å². The van der Waals surface area contributed by atoms with Gasteiger partial charge in [-0.25, -0.2) is 0 Å². The fraction of sp³-hybridized carbons (Fsp3) is 0.500. The van der Waals surface area contributed by atoms with E-state index in [0.717, 1.165) is 0 Å². The van der Waals surface area contributed by atoms with Gasteiger partial charge < -0.3 is 4.74 Å².